The first kappa shape index (κ1) is 18.7. The van der Waals surface area contributed by atoms with Crippen LogP contribution < -0.4 is 5.73 Å². The quantitative estimate of drug-likeness (QED) is 0.308. The molecule has 20 heavy (non-hydrogen) atoms. The van der Waals surface area contributed by atoms with Crippen molar-refractivity contribution >= 4 is 11.7 Å². The lowest BCUT2D eigenvalue weighted by Gasteiger charge is -2.30. The molecule has 0 spiro atoms. The number of carbonyl (C=O) groups is 1. The van der Waals surface area contributed by atoms with E-state index in [4.69, 9.17) is 15.7 Å². The lowest BCUT2D eigenvalue weighted by molar-refractivity contribution is -0.133. The van der Waals surface area contributed by atoms with Crippen molar-refractivity contribution in [3.8, 4) is 0 Å². The van der Waals surface area contributed by atoms with Crippen LogP contribution in [0.4, 0.5) is 0 Å². The first-order valence-corrected chi connectivity index (χ1v) is 6.95. The van der Waals surface area contributed by atoms with Gasteiger partial charge in [0.05, 0.1) is 6.61 Å². The van der Waals surface area contributed by atoms with Gasteiger partial charge in [-0.1, -0.05) is 32.9 Å². The van der Waals surface area contributed by atoms with Crippen molar-refractivity contribution in [2.24, 2.45) is 22.2 Å². The third-order valence-electron chi connectivity index (χ3n) is 3.64. The molecular formula is C14H29N3O3. The third kappa shape index (κ3) is 7.33. The predicted molar refractivity (Wildman–Crippen MR) is 79.7 cm³/mol. The van der Waals surface area contributed by atoms with Crippen LogP contribution in [0.2, 0.25) is 0 Å². The van der Waals surface area contributed by atoms with Gasteiger partial charge in [-0.25, -0.2) is 0 Å². The van der Waals surface area contributed by atoms with E-state index >= 15 is 0 Å². The molecule has 0 saturated carbocycles. The number of amidine groups is 1. The van der Waals surface area contributed by atoms with Crippen molar-refractivity contribution in [3.63, 3.8) is 0 Å². The Morgan fingerprint density at radius 1 is 1.40 bits per heavy atom. The summed E-state index contributed by atoms with van der Waals surface area (Å²) in [4.78, 5) is 14.0. The Labute approximate surface area is 122 Å². The minimum absolute atomic E-state index is 0.0789. The Morgan fingerprint density at radius 3 is 2.45 bits per heavy atom. The van der Waals surface area contributed by atoms with Crippen molar-refractivity contribution in [3.05, 3.63) is 0 Å². The molecule has 0 aromatic carbocycles. The molecule has 6 nitrogen and oxygen atoms in total. The van der Waals surface area contributed by atoms with Crippen molar-refractivity contribution in [2.45, 2.75) is 40.5 Å². The molecule has 0 fully saturated rings. The topological polar surface area (TPSA) is 88.2 Å². The summed E-state index contributed by atoms with van der Waals surface area (Å²) < 4.78 is 5.02. The van der Waals surface area contributed by atoms with Crippen LogP contribution in [0.3, 0.4) is 0 Å². The minimum Gasteiger partial charge on any atom is -0.409 e. The second-order valence-corrected chi connectivity index (χ2v) is 6.19. The van der Waals surface area contributed by atoms with E-state index in [9.17, 15) is 4.79 Å². The Bertz CT molecular complexity index is 324. The van der Waals surface area contributed by atoms with Crippen molar-refractivity contribution in [2.75, 3.05) is 26.8 Å². The summed E-state index contributed by atoms with van der Waals surface area (Å²) in [7, 11) is 1.60. The Kier molecular flexibility index (Phi) is 8.22. The number of ether oxygens (including phenoxy) is 1. The Morgan fingerprint density at radius 2 is 2.00 bits per heavy atom. The molecule has 1 amide bonds. The fourth-order valence-corrected chi connectivity index (χ4v) is 1.56. The molecule has 118 valence electrons. The van der Waals surface area contributed by atoms with E-state index in [1.165, 1.54) is 0 Å². The summed E-state index contributed by atoms with van der Waals surface area (Å²) in [5, 5.41) is 11.5. The second-order valence-electron chi connectivity index (χ2n) is 6.19. The maximum absolute atomic E-state index is 12.3. The molecule has 1 unspecified atom stereocenters. The van der Waals surface area contributed by atoms with Gasteiger partial charge in [-0.2, -0.15) is 0 Å². The van der Waals surface area contributed by atoms with Crippen LogP contribution in [0.15, 0.2) is 5.16 Å². The number of nitrogens with zero attached hydrogens (tertiary/aromatic N) is 2. The Balaban J connectivity index is 4.55. The summed E-state index contributed by atoms with van der Waals surface area (Å²) in [6.45, 7) is 9.89. The van der Waals surface area contributed by atoms with Crippen LogP contribution in [0, 0.1) is 11.3 Å². The normalized spacial score (nSPS) is 14.2. The third-order valence-corrected chi connectivity index (χ3v) is 3.64. The van der Waals surface area contributed by atoms with E-state index in [-0.39, 0.29) is 23.1 Å². The molecule has 0 aliphatic carbocycles. The number of nitrogens with two attached hydrogens (primary N) is 1. The highest BCUT2D eigenvalue weighted by Crippen LogP contribution is 2.28. The van der Waals surface area contributed by atoms with Crippen LogP contribution in [0.5, 0.6) is 0 Å². The average molecular weight is 287 g/mol. The number of carbonyl (C=O) groups excluding carboxylic acids is 1. The van der Waals surface area contributed by atoms with Crippen LogP contribution in [0.1, 0.15) is 40.5 Å². The van der Waals surface area contributed by atoms with Crippen LogP contribution in [-0.4, -0.2) is 48.7 Å². The largest absolute Gasteiger partial charge is 0.409 e. The highest BCUT2D eigenvalue weighted by Gasteiger charge is 2.25. The van der Waals surface area contributed by atoms with Crippen molar-refractivity contribution < 1.29 is 14.7 Å². The molecule has 0 rings (SSSR count). The number of hydrogen-bond donors (Lipinski definition) is 2. The molecule has 0 aliphatic rings. The summed E-state index contributed by atoms with van der Waals surface area (Å²) in [6.07, 6.45) is 0.846. The van der Waals surface area contributed by atoms with Crippen LogP contribution in [0.25, 0.3) is 0 Å². The fraction of sp³-hybridized carbons (Fsp3) is 0.857. The number of hydrogen-bond acceptors (Lipinski definition) is 4. The van der Waals surface area contributed by atoms with Gasteiger partial charge in [0.2, 0.25) is 5.91 Å². The van der Waals surface area contributed by atoms with Crippen molar-refractivity contribution in [1.82, 2.24) is 4.90 Å². The average Bonchev–Trinajstić information content (AvgIpc) is 2.36. The summed E-state index contributed by atoms with van der Waals surface area (Å²) in [5.74, 6) is 0.489. The summed E-state index contributed by atoms with van der Waals surface area (Å²) >= 11 is 0. The second kappa shape index (κ2) is 8.79. The van der Waals surface area contributed by atoms with E-state index < -0.39 is 0 Å². The lowest BCUT2D eigenvalue weighted by Crippen LogP contribution is -2.38. The van der Waals surface area contributed by atoms with E-state index in [0.29, 0.717) is 32.5 Å². The maximum atomic E-state index is 12.3. The fourth-order valence-electron chi connectivity index (χ4n) is 1.56. The van der Waals surface area contributed by atoms with Gasteiger partial charge < -0.3 is 20.6 Å². The number of methoxy groups -OCH3 is 1. The first-order valence-electron chi connectivity index (χ1n) is 6.95. The van der Waals surface area contributed by atoms with Crippen molar-refractivity contribution in [1.29, 1.82) is 0 Å². The zero-order valence-corrected chi connectivity index (χ0v) is 13.3. The highest BCUT2D eigenvalue weighted by atomic mass is 16.5. The molecule has 0 saturated heterocycles. The van der Waals surface area contributed by atoms with Gasteiger partial charge in [0.25, 0.3) is 0 Å². The predicted octanol–water partition coefficient (Wildman–Crippen LogP) is 1.67. The van der Waals surface area contributed by atoms with Gasteiger partial charge in [0.15, 0.2) is 0 Å². The molecular weight excluding hydrogens is 258 g/mol. The van der Waals surface area contributed by atoms with E-state index in [0.717, 1.165) is 0 Å². The lowest BCUT2D eigenvalue weighted by atomic mass is 9.80. The van der Waals surface area contributed by atoms with E-state index in [1.807, 2.05) is 0 Å². The van der Waals surface area contributed by atoms with E-state index in [2.05, 4.69) is 32.9 Å². The number of oxime groups is 1. The van der Waals surface area contributed by atoms with Gasteiger partial charge in [0, 0.05) is 33.0 Å². The zero-order chi connectivity index (χ0) is 15.8. The molecule has 0 radical (unpaired) electrons. The first-order chi connectivity index (χ1) is 9.22. The van der Waals surface area contributed by atoms with Gasteiger partial charge in [-0.3, -0.25) is 4.79 Å². The number of rotatable bonds is 8. The molecule has 0 heterocycles. The summed E-state index contributed by atoms with van der Waals surface area (Å²) in [5.41, 5.74) is 5.54. The zero-order valence-electron chi connectivity index (χ0n) is 13.3. The monoisotopic (exact) mass is 287 g/mol. The van der Waals surface area contributed by atoms with Gasteiger partial charge >= 0.3 is 0 Å². The minimum atomic E-state index is 0.0789. The molecule has 0 aliphatic heterocycles. The molecule has 1 atom stereocenters. The molecule has 3 N–H and O–H groups in total. The van der Waals surface area contributed by atoms with Gasteiger partial charge in [-0.15, -0.1) is 0 Å². The SMILES string of the molecule is COCCN(CCC(N)=NO)C(=O)CC(C)C(C)(C)C. The maximum Gasteiger partial charge on any atom is 0.222 e. The van der Waals surface area contributed by atoms with Gasteiger partial charge in [0.1, 0.15) is 5.84 Å². The summed E-state index contributed by atoms with van der Waals surface area (Å²) in [6, 6.07) is 0. The molecule has 0 bridgehead atoms. The van der Waals surface area contributed by atoms with Crippen LogP contribution >= 0.6 is 0 Å². The standard InChI is InChI=1S/C14H29N3O3/c1-11(14(2,3)4)10-13(18)17(8-9-20-5)7-6-12(15)16-19/h11,19H,6-10H2,1-5H3,(H2,15,16). The molecule has 0 aromatic heterocycles. The Hall–Kier alpha value is -1.30. The smallest absolute Gasteiger partial charge is 0.222 e. The van der Waals surface area contributed by atoms with E-state index in [1.54, 1.807) is 12.0 Å². The highest BCUT2D eigenvalue weighted by molar-refractivity contribution is 5.81. The van der Waals surface area contributed by atoms with Gasteiger partial charge in [-0.05, 0) is 11.3 Å². The molecule has 6 heteroatoms. The number of amides is 1. The van der Waals surface area contributed by atoms with Crippen LogP contribution in [-0.2, 0) is 9.53 Å². The molecule has 0 aromatic rings.